The Bertz CT molecular complexity index is 552. The van der Waals surface area contributed by atoms with Crippen molar-refractivity contribution in [2.45, 2.75) is 19.4 Å². The molecule has 0 saturated heterocycles. The van der Waals surface area contributed by atoms with Crippen LogP contribution in [0.25, 0.3) is 0 Å². The van der Waals surface area contributed by atoms with E-state index < -0.39 is 11.6 Å². The summed E-state index contributed by atoms with van der Waals surface area (Å²) >= 11 is 0. The van der Waals surface area contributed by atoms with E-state index >= 15 is 0 Å². The van der Waals surface area contributed by atoms with Gasteiger partial charge in [-0.1, -0.05) is 36.4 Å². The molecule has 0 aliphatic rings. The predicted octanol–water partition coefficient (Wildman–Crippen LogP) is 3.78. The largest absolute Gasteiger partial charge is 0.313 e. The number of rotatable bonds is 4. The highest BCUT2D eigenvalue weighted by atomic mass is 19.1. The zero-order valence-corrected chi connectivity index (χ0v) is 11.1. The van der Waals surface area contributed by atoms with E-state index in [4.69, 9.17) is 0 Å². The Balaban J connectivity index is 2.35. The van der Waals surface area contributed by atoms with Gasteiger partial charge in [0.1, 0.15) is 11.6 Å². The lowest BCUT2D eigenvalue weighted by Gasteiger charge is -2.19. The quantitative estimate of drug-likeness (QED) is 0.883. The second kappa shape index (κ2) is 5.93. The molecule has 100 valence electrons. The highest BCUT2D eigenvalue weighted by Gasteiger charge is 2.20. The zero-order valence-electron chi connectivity index (χ0n) is 11.1. The number of hydrogen-bond acceptors (Lipinski definition) is 1. The van der Waals surface area contributed by atoms with Gasteiger partial charge in [-0.2, -0.15) is 0 Å². The van der Waals surface area contributed by atoms with Gasteiger partial charge in [-0.25, -0.2) is 8.78 Å². The summed E-state index contributed by atoms with van der Waals surface area (Å²) in [5.74, 6) is -0.964. The second-order valence-corrected chi connectivity index (χ2v) is 4.62. The van der Waals surface area contributed by atoms with Crippen LogP contribution in [0.4, 0.5) is 8.78 Å². The third-order valence-electron chi connectivity index (χ3n) is 3.30. The molecule has 0 radical (unpaired) electrons. The molecule has 0 aliphatic heterocycles. The molecule has 3 heteroatoms. The number of benzene rings is 2. The third kappa shape index (κ3) is 2.99. The Hall–Kier alpha value is -1.74. The SMILES string of the molecule is CNC(Cc1ccccc1)c1c(F)ccc(C)c1F. The molecular weight excluding hydrogens is 244 g/mol. The molecule has 1 atom stereocenters. The van der Waals surface area contributed by atoms with Crippen LogP contribution in [0.1, 0.15) is 22.7 Å². The van der Waals surface area contributed by atoms with Gasteiger partial charge in [0.15, 0.2) is 0 Å². The fourth-order valence-corrected chi connectivity index (χ4v) is 2.20. The maximum atomic E-state index is 14.1. The first-order valence-electron chi connectivity index (χ1n) is 6.29. The van der Waals surface area contributed by atoms with E-state index in [1.807, 2.05) is 30.3 Å². The van der Waals surface area contributed by atoms with Crippen molar-refractivity contribution < 1.29 is 8.78 Å². The van der Waals surface area contributed by atoms with E-state index in [-0.39, 0.29) is 11.6 Å². The average Bonchev–Trinajstić information content (AvgIpc) is 2.43. The van der Waals surface area contributed by atoms with E-state index in [1.54, 1.807) is 14.0 Å². The van der Waals surface area contributed by atoms with Gasteiger partial charge in [-0.3, -0.25) is 0 Å². The monoisotopic (exact) mass is 261 g/mol. The summed E-state index contributed by atoms with van der Waals surface area (Å²) < 4.78 is 28.0. The molecule has 19 heavy (non-hydrogen) atoms. The van der Waals surface area contributed by atoms with Gasteiger partial charge < -0.3 is 5.32 Å². The van der Waals surface area contributed by atoms with Gasteiger partial charge in [0, 0.05) is 11.6 Å². The van der Waals surface area contributed by atoms with Crippen LogP contribution in [0.3, 0.4) is 0 Å². The van der Waals surface area contributed by atoms with Gasteiger partial charge in [0.05, 0.1) is 0 Å². The van der Waals surface area contributed by atoms with E-state index in [2.05, 4.69) is 5.32 Å². The van der Waals surface area contributed by atoms with Crippen molar-refractivity contribution in [3.05, 3.63) is 70.8 Å². The van der Waals surface area contributed by atoms with Crippen LogP contribution in [0.5, 0.6) is 0 Å². The van der Waals surface area contributed by atoms with Crippen LogP contribution in [0.15, 0.2) is 42.5 Å². The molecule has 0 bridgehead atoms. The molecule has 0 spiro atoms. The summed E-state index contributed by atoms with van der Waals surface area (Å²) in [6.07, 6.45) is 0.550. The van der Waals surface area contributed by atoms with E-state index in [0.717, 1.165) is 5.56 Å². The molecule has 0 amide bonds. The van der Waals surface area contributed by atoms with Gasteiger partial charge in [-0.05, 0) is 37.6 Å². The van der Waals surface area contributed by atoms with Crippen molar-refractivity contribution in [1.29, 1.82) is 0 Å². The first-order chi connectivity index (χ1) is 9.13. The smallest absolute Gasteiger partial charge is 0.133 e. The molecule has 1 unspecified atom stereocenters. The van der Waals surface area contributed by atoms with Crippen LogP contribution in [-0.2, 0) is 6.42 Å². The minimum absolute atomic E-state index is 0.117. The fourth-order valence-electron chi connectivity index (χ4n) is 2.20. The van der Waals surface area contributed by atoms with E-state index in [0.29, 0.717) is 12.0 Å². The van der Waals surface area contributed by atoms with Crippen molar-refractivity contribution in [1.82, 2.24) is 5.32 Å². The zero-order chi connectivity index (χ0) is 13.8. The third-order valence-corrected chi connectivity index (χ3v) is 3.30. The van der Waals surface area contributed by atoms with Crippen LogP contribution in [0, 0.1) is 18.6 Å². The van der Waals surface area contributed by atoms with Crippen LogP contribution in [0.2, 0.25) is 0 Å². The van der Waals surface area contributed by atoms with Crippen LogP contribution >= 0.6 is 0 Å². The van der Waals surface area contributed by atoms with Crippen molar-refractivity contribution in [3.63, 3.8) is 0 Å². The van der Waals surface area contributed by atoms with E-state index in [1.165, 1.54) is 12.1 Å². The molecule has 1 N–H and O–H groups in total. The number of nitrogens with one attached hydrogen (secondary N) is 1. The summed E-state index contributed by atoms with van der Waals surface area (Å²) in [4.78, 5) is 0. The second-order valence-electron chi connectivity index (χ2n) is 4.62. The summed E-state index contributed by atoms with van der Waals surface area (Å²) in [5.41, 5.74) is 1.62. The van der Waals surface area contributed by atoms with Crippen molar-refractivity contribution >= 4 is 0 Å². The Labute approximate surface area is 112 Å². The number of halogens is 2. The molecule has 2 rings (SSSR count). The number of hydrogen-bond donors (Lipinski definition) is 1. The van der Waals surface area contributed by atoms with Gasteiger partial charge in [0.2, 0.25) is 0 Å². The molecule has 0 fully saturated rings. The number of likely N-dealkylation sites (N-methyl/N-ethyl adjacent to an activating group) is 1. The highest BCUT2D eigenvalue weighted by Crippen LogP contribution is 2.25. The minimum atomic E-state index is -0.501. The summed E-state index contributed by atoms with van der Waals surface area (Å²) in [5, 5.41) is 3.00. The Kier molecular flexibility index (Phi) is 4.27. The Morgan fingerprint density at radius 1 is 1.05 bits per heavy atom. The molecule has 1 nitrogen and oxygen atoms in total. The molecule has 0 saturated carbocycles. The molecule has 2 aromatic rings. The summed E-state index contributed by atoms with van der Waals surface area (Å²) in [6, 6.07) is 12.1. The lowest BCUT2D eigenvalue weighted by atomic mass is 9.96. The topological polar surface area (TPSA) is 12.0 Å². The predicted molar refractivity (Wildman–Crippen MR) is 73.0 cm³/mol. The normalized spacial score (nSPS) is 12.4. The fraction of sp³-hybridized carbons (Fsp3) is 0.250. The molecule has 0 aliphatic carbocycles. The van der Waals surface area contributed by atoms with Crippen molar-refractivity contribution in [3.8, 4) is 0 Å². The molecular formula is C16H17F2N. The highest BCUT2D eigenvalue weighted by molar-refractivity contribution is 5.31. The van der Waals surface area contributed by atoms with Crippen LogP contribution in [-0.4, -0.2) is 7.05 Å². The lowest BCUT2D eigenvalue weighted by molar-refractivity contribution is 0.486. The van der Waals surface area contributed by atoms with Crippen LogP contribution < -0.4 is 5.32 Å². The lowest BCUT2D eigenvalue weighted by Crippen LogP contribution is -2.22. The Morgan fingerprint density at radius 3 is 2.37 bits per heavy atom. The maximum Gasteiger partial charge on any atom is 0.133 e. The van der Waals surface area contributed by atoms with E-state index in [9.17, 15) is 8.78 Å². The summed E-state index contributed by atoms with van der Waals surface area (Å²) in [7, 11) is 1.72. The number of aryl methyl sites for hydroxylation is 1. The van der Waals surface area contributed by atoms with Crippen molar-refractivity contribution in [2.24, 2.45) is 0 Å². The van der Waals surface area contributed by atoms with Gasteiger partial charge in [-0.15, -0.1) is 0 Å². The maximum absolute atomic E-state index is 14.1. The molecule has 0 heterocycles. The standard InChI is InChI=1S/C16H17F2N/c1-11-8-9-13(17)15(16(11)18)14(19-2)10-12-6-4-3-5-7-12/h3-9,14,19H,10H2,1-2H3. The van der Waals surface area contributed by atoms with Gasteiger partial charge >= 0.3 is 0 Å². The molecule has 0 aromatic heterocycles. The van der Waals surface area contributed by atoms with Crippen molar-refractivity contribution in [2.75, 3.05) is 7.05 Å². The average molecular weight is 261 g/mol. The first-order valence-corrected chi connectivity index (χ1v) is 6.29. The minimum Gasteiger partial charge on any atom is -0.313 e. The first kappa shape index (κ1) is 13.7. The van der Waals surface area contributed by atoms with Gasteiger partial charge in [0.25, 0.3) is 0 Å². The Morgan fingerprint density at radius 2 is 1.74 bits per heavy atom. The molecule has 2 aromatic carbocycles. The summed E-state index contributed by atoms with van der Waals surface area (Å²) in [6.45, 7) is 1.65.